The minimum atomic E-state index is -4.67. The van der Waals surface area contributed by atoms with Gasteiger partial charge < -0.3 is 25.1 Å². The van der Waals surface area contributed by atoms with Gasteiger partial charge in [-0.05, 0) is 0 Å². The molecule has 0 aliphatic rings. The summed E-state index contributed by atoms with van der Waals surface area (Å²) in [6.45, 7) is -1.58. The summed E-state index contributed by atoms with van der Waals surface area (Å²) in [6.07, 6.45) is -3.44. The highest BCUT2D eigenvalue weighted by atomic mass is 31.2. The number of aliphatic hydroxyl groups is 3. The summed E-state index contributed by atoms with van der Waals surface area (Å²) in [7, 11) is -4.67. The van der Waals surface area contributed by atoms with Gasteiger partial charge in [-0.25, -0.2) is 4.57 Å². The van der Waals surface area contributed by atoms with Gasteiger partial charge in [0.15, 0.2) is 5.78 Å². The fourth-order valence-corrected chi connectivity index (χ4v) is 1.11. The number of aliphatic hydroxyl groups excluding tert-OH is 3. The van der Waals surface area contributed by atoms with Crippen LogP contribution in [0.2, 0.25) is 0 Å². The zero-order chi connectivity index (χ0) is 12.1. The van der Waals surface area contributed by atoms with Crippen molar-refractivity contribution in [1.82, 2.24) is 0 Å². The van der Waals surface area contributed by atoms with Crippen molar-refractivity contribution in [1.29, 1.82) is 0 Å². The summed E-state index contributed by atoms with van der Waals surface area (Å²) < 4.78 is 14.1. The molecular weight excluding hydrogens is 231 g/mol. The van der Waals surface area contributed by atoms with E-state index < -0.39 is 45.4 Å². The van der Waals surface area contributed by atoms with Crippen LogP contribution in [-0.2, 0) is 13.9 Å². The molecule has 0 fully saturated rings. The quantitative estimate of drug-likeness (QED) is 0.316. The number of carbonyl (C=O) groups excluding carboxylic acids is 1. The van der Waals surface area contributed by atoms with Crippen LogP contribution < -0.4 is 0 Å². The third-order valence-corrected chi connectivity index (χ3v) is 1.94. The van der Waals surface area contributed by atoms with Gasteiger partial charge in [-0.3, -0.25) is 9.32 Å². The predicted octanol–water partition coefficient (Wildman–Crippen LogP) is -2.23. The van der Waals surface area contributed by atoms with E-state index in [-0.39, 0.29) is 0 Å². The van der Waals surface area contributed by atoms with Gasteiger partial charge in [-0.1, -0.05) is 0 Å². The Morgan fingerprint density at radius 3 is 2.27 bits per heavy atom. The summed E-state index contributed by atoms with van der Waals surface area (Å²) in [5.41, 5.74) is 0. The van der Waals surface area contributed by atoms with Gasteiger partial charge >= 0.3 is 7.82 Å². The van der Waals surface area contributed by atoms with Gasteiger partial charge in [0.25, 0.3) is 0 Å². The number of phosphoric acid groups is 1. The first kappa shape index (κ1) is 14.7. The van der Waals surface area contributed by atoms with Crippen LogP contribution in [0.5, 0.6) is 0 Å². The van der Waals surface area contributed by atoms with Gasteiger partial charge in [0.05, 0.1) is 12.7 Å². The van der Waals surface area contributed by atoms with Crippen molar-refractivity contribution in [2.75, 3.05) is 13.2 Å². The maximum absolute atomic E-state index is 10.6. The lowest BCUT2D eigenvalue weighted by molar-refractivity contribution is -0.131. The molecule has 8 nitrogen and oxygen atoms in total. The van der Waals surface area contributed by atoms with E-state index >= 15 is 0 Å². The predicted molar refractivity (Wildman–Crippen MR) is 46.7 cm³/mol. The average Bonchev–Trinajstić information content (AvgIpc) is 2.12. The Kier molecular flexibility index (Phi) is 6.15. The Morgan fingerprint density at radius 1 is 1.33 bits per heavy atom. The van der Waals surface area contributed by atoms with Gasteiger partial charge in [0.1, 0.15) is 12.7 Å². The van der Waals surface area contributed by atoms with Crippen molar-refractivity contribution in [2.24, 2.45) is 0 Å². The van der Waals surface area contributed by atoms with Crippen molar-refractivity contribution < 1.29 is 39.0 Å². The molecule has 5 N–H and O–H groups in total. The molecule has 0 saturated heterocycles. The second kappa shape index (κ2) is 6.29. The number of carbonyl (C=O) groups is 1. The molecule has 0 amide bonds. The number of Topliss-reactive ketones (excluding diaryl/α,β-unsaturated/α-hetero) is 1. The second-order valence-electron chi connectivity index (χ2n) is 2.82. The molecule has 0 aromatic heterocycles. The van der Waals surface area contributed by atoms with Crippen LogP contribution >= 0.6 is 7.82 Å². The van der Waals surface area contributed by atoms with Crippen LogP contribution in [0.25, 0.3) is 0 Å². The molecule has 0 aromatic rings. The number of ketones is 1. The van der Waals surface area contributed by atoms with Crippen molar-refractivity contribution >= 4 is 13.6 Å². The maximum Gasteiger partial charge on any atom is 0.469 e. The third kappa shape index (κ3) is 7.57. The average molecular weight is 244 g/mol. The fourth-order valence-electron chi connectivity index (χ4n) is 0.746. The summed E-state index contributed by atoms with van der Waals surface area (Å²) in [6, 6.07) is 0. The van der Waals surface area contributed by atoms with Gasteiger partial charge in [-0.2, -0.15) is 0 Å². The van der Waals surface area contributed by atoms with E-state index in [1.54, 1.807) is 0 Å². The molecule has 2 atom stereocenters. The number of hydrogen-bond donors (Lipinski definition) is 5. The molecule has 9 heteroatoms. The van der Waals surface area contributed by atoms with Crippen molar-refractivity contribution in [3.8, 4) is 0 Å². The molecule has 0 rings (SSSR count). The Hall–Kier alpha value is -0.340. The van der Waals surface area contributed by atoms with Gasteiger partial charge in [0.2, 0.25) is 0 Å². The minimum Gasteiger partial charge on any atom is -0.391 e. The molecule has 0 heterocycles. The molecule has 0 unspecified atom stereocenters. The molecule has 0 bridgehead atoms. The van der Waals surface area contributed by atoms with Crippen LogP contribution in [0, 0.1) is 0 Å². The Labute approximate surface area is 85.4 Å². The normalized spacial score (nSPS) is 16.1. The van der Waals surface area contributed by atoms with Crippen LogP contribution in [0.3, 0.4) is 0 Å². The van der Waals surface area contributed by atoms with Crippen LogP contribution in [0.15, 0.2) is 0 Å². The van der Waals surface area contributed by atoms with E-state index in [0.29, 0.717) is 0 Å². The lowest BCUT2D eigenvalue weighted by atomic mass is 10.1. The summed E-state index contributed by atoms with van der Waals surface area (Å²) in [4.78, 5) is 27.2. The van der Waals surface area contributed by atoms with Crippen molar-refractivity contribution in [3.05, 3.63) is 0 Å². The smallest absolute Gasteiger partial charge is 0.391 e. The molecular formula is C6H13O8P. The van der Waals surface area contributed by atoms with E-state index in [1.807, 2.05) is 0 Å². The monoisotopic (exact) mass is 244 g/mol. The number of hydrogen-bond acceptors (Lipinski definition) is 6. The Morgan fingerprint density at radius 2 is 1.87 bits per heavy atom. The molecule has 90 valence electrons. The molecule has 0 aliphatic heterocycles. The first-order chi connectivity index (χ1) is 6.76. The van der Waals surface area contributed by atoms with E-state index in [1.165, 1.54) is 0 Å². The lowest BCUT2D eigenvalue weighted by Crippen LogP contribution is -2.30. The highest BCUT2D eigenvalue weighted by molar-refractivity contribution is 7.46. The van der Waals surface area contributed by atoms with Crippen LogP contribution in [-0.4, -0.2) is 56.3 Å². The molecule has 0 radical (unpaired) electrons. The summed E-state index contributed by atoms with van der Waals surface area (Å²) in [5, 5.41) is 26.4. The van der Waals surface area contributed by atoms with E-state index in [0.717, 1.165) is 0 Å². The number of phosphoric ester groups is 1. The third-order valence-electron chi connectivity index (χ3n) is 1.46. The largest absolute Gasteiger partial charge is 0.469 e. The summed E-state index contributed by atoms with van der Waals surface area (Å²) >= 11 is 0. The van der Waals surface area contributed by atoms with Gasteiger partial charge in [-0.15, -0.1) is 0 Å². The van der Waals surface area contributed by atoms with Crippen LogP contribution in [0.4, 0.5) is 0 Å². The van der Waals surface area contributed by atoms with Gasteiger partial charge in [0, 0.05) is 6.42 Å². The highest BCUT2D eigenvalue weighted by Crippen LogP contribution is 2.35. The lowest BCUT2D eigenvalue weighted by Gasteiger charge is -2.14. The Bertz CT molecular complexity index is 248. The molecule has 0 spiro atoms. The molecule has 15 heavy (non-hydrogen) atoms. The van der Waals surface area contributed by atoms with E-state index in [2.05, 4.69) is 4.52 Å². The highest BCUT2D eigenvalue weighted by Gasteiger charge is 2.21. The maximum atomic E-state index is 10.6. The van der Waals surface area contributed by atoms with E-state index in [9.17, 15) is 9.36 Å². The zero-order valence-corrected chi connectivity index (χ0v) is 8.58. The first-order valence-corrected chi connectivity index (χ1v) is 5.49. The SMILES string of the molecule is O=C(CO)[C@@H](O)C[C@H](O)COP(=O)(O)O. The fraction of sp³-hybridized carbons (Fsp3) is 0.833. The molecule has 0 aliphatic carbocycles. The minimum absolute atomic E-state index is 0.459. The topological polar surface area (TPSA) is 145 Å². The summed E-state index contributed by atoms with van der Waals surface area (Å²) in [5.74, 6) is -0.884. The molecule has 0 saturated carbocycles. The first-order valence-electron chi connectivity index (χ1n) is 3.96. The standard InChI is InChI=1S/C6H13O8P/c7-2-6(10)5(9)1-4(8)3-14-15(11,12)13/h4-5,7-9H,1-3H2,(H2,11,12,13)/t4-,5-/m0/s1. The number of rotatable bonds is 7. The van der Waals surface area contributed by atoms with Crippen molar-refractivity contribution in [2.45, 2.75) is 18.6 Å². The van der Waals surface area contributed by atoms with E-state index in [4.69, 9.17) is 25.1 Å². The van der Waals surface area contributed by atoms with Crippen LogP contribution in [0.1, 0.15) is 6.42 Å². The van der Waals surface area contributed by atoms with Crippen molar-refractivity contribution in [3.63, 3.8) is 0 Å². The Balaban J connectivity index is 3.88. The zero-order valence-electron chi connectivity index (χ0n) is 7.68. The second-order valence-corrected chi connectivity index (χ2v) is 4.06. The molecule has 0 aromatic carbocycles.